The average Bonchev–Trinajstić information content (AvgIpc) is 2.82. The molecule has 1 aromatic carbocycles. The van der Waals surface area contributed by atoms with E-state index in [0.717, 1.165) is 0 Å². The zero-order valence-corrected chi connectivity index (χ0v) is 11.2. The fourth-order valence-electron chi connectivity index (χ4n) is 2.01. The number of aliphatic hydroxyl groups is 1. The zero-order valence-electron chi connectivity index (χ0n) is 11.2. The lowest BCUT2D eigenvalue weighted by Crippen LogP contribution is -2.13. The highest BCUT2D eigenvalue weighted by molar-refractivity contribution is 5.55. The van der Waals surface area contributed by atoms with Gasteiger partial charge in [0, 0.05) is 5.56 Å². The molecule has 0 aliphatic heterocycles. The van der Waals surface area contributed by atoms with Crippen LogP contribution in [-0.4, -0.2) is 21.4 Å². The van der Waals surface area contributed by atoms with Crippen LogP contribution >= 0.6 is 0 Å². The number of hydrogen-bond donors (Lipinski definition) is 1. The van der Waals surface area contributed by atoms with Crippen molar-refractivity contribution in [2.24, 2.45) is 0 Å². The van der Waals surface area contributed by atoms with E-state index in [4.69, 9.17) is 4.52 Å². The van der Waals surface area contributed by atoms with Crippen molar-refractivity contribution >= 4 is 0 Å². The summed E-state index contributed by atoms with van der Waals surface area (Å²) in [5, 5.41) is 13.5. The van der Waals surface area contributed by atoms with Gasteiger partial charge in [0.05, 0.1) is 12.0 Å². The SMILES string of the molecule is CCC(c1nc(-c2ccc(F)c(C)c2)no1)C(C)O. The van der Waals surface area contributed by atoms with E-state index in [0.29, 0.717) is 29.3 Å². The van der Waals surface area contributed by atoms with Gasteiger partial charge in [-0.15, -0.1) is 0 Å². The molecule has 0 fully saturated rings. The van der Waals surface area contributed by atoms with Crippen molar-refractivity contribution in [1.82, 2.24) is 10.1 Å². The predicted molar refractivity (Wildman–Crippen MR) is 69.1 cm³/mol. The number of benzene rings is 1. The predicted octanol–water partition coefficient (Wildman–Crippen LogP) is 3.06. The van der Waals surface area contributed by atoms with Gasteiger partial charge in [-0.25, -0.2) is 4.39 Å². The van der Waals surface area contributed by atoms with Gasteiger partial charge in [-0.2, -0.15) is 4.98 Å². The Labute approximate surface area is 111 Å². The topological polar surface area (TPSA) is 59.2 Å². The first-order chi connectivity index (χ1) is 9.02. The first kappa shape index (κ1) is 13.7. The lowest BCUT2D eigenvalue weighted by atomic mass is 10.0. The summed E-state index contributed by atoms with van der Waals surface area (Å²) in [6.45, 7) is 5.33. The largest absolute Gasteiger partial charge is 0.393 e. The summed E-state index contributed by atoms with van der Waals surface area (Å²) in [5.41, 5.74) is 1.24. The molecule has 0 aliphatic rings. The first-order valence-corrected chi connectivity index (χ1v) is 6.31. The molecule has 2 rings (SSSR count). The summed E-state index contributed by atoms with van der Waals surface area (Å²) < 4.78 is 18.4. The van der Waals surface area contributed by atoms with E-state index in [1.54, 1.807) is 26.0 Å². The van der Waals surface area contributed by atoms with Crippen LogP contribution in [0.15, 0.2) is 22.7 Å². The minimum Gasteiger partial charge on any atom is -0.393 e. The molecular formula is C14H17FN2O2. The zero-order chi connectivity index (χ0) is 14.0. The molecule has 1 N–H and O–H groups in total. The third-order valence-corrected chi connectivity index (χ3v) is 3.20. The van der Waals surface area contributed by atoms with Crippen LogP contribution in [0, 0.1) is 12.7 Å². The minimum atomic E-state index is -0.548. The van der Waals surface area contributed by atoms with E-state index in [2.05, 4.69) is 10.1 Å². The molecule has 5 heteroatoms. The van der Waals surface area contributed by atoms with Gasteiger partial charge < -0.3 is 9.63 Å². The van der Waals surface area contributed by atoms with E-state index in [9.17, 15) is 9.50 Å². The highest BCUT2D eigenvalue weighted by Crippen LogP contribution is 2.25. The van der Waals surface area contributed by atoms with Crippen LogP contribution in [-0.2, 0) is 0 Å². The quantitative estimate of drug-likeness (QED) is 0.922. The van der Waals surface area contributed by atoms with Crippen LogP contribution in [0.25, 0.3) is 11.4 Å². The standard InChI is InChI=1S/C14H17FN2O2/c1-4-11(9(3)18)14-16-13(17-19-14)10-5-6-12(15)8(2)7-10/h5-7,9,11,18H,4H2,1-3H3. The number of rotatable bonds is 4. The maximum absolute atomic E-state index is 13.2. The van der Waals surface area contributed by atoms with Crippen molar-refractivity contribution in [3.05, 3.63) is 35.5 Å². The maximum Gasteiger partial charge on any atom is 0.232 e. The molecule has 0 bridgehead atoms. The lowest BCUT2D eigenvalue weighted by Gasteiger charge is -2.12. The Bertz CT molecular complexity index is 566. The molecule has 1 heterocycles. The summed E-state index contributed by atoms with van der Waals surface area (Å²) in [6, 6.07) is 4.67. The summed E-state index contributed by atoms with van der Waals surface area (Å²) >= 11 is 0. The average molecular weight is 264 g/mol. The van der Waals surface area contributed by atoms with Gasteiger partial charge in [0.25, 0.3) is 0 Å². The molecule has 0 amide bonds. The van der Waals surface area contributed by atoms with E-state index in [1.807, 2.05) is 6.92 Å². The lowest BCUT2D eigenvalue weighted by molar-refractivity contribution is 0.141. The molecule has 2 atom stereocenters. The van der Waals surface area contributed by atoms with E-state index in [1.165, 1.54) is 6.07 Å². The van der Waals surface area contributed by atoms with Gasteiger partial charge in [0.15, 0.2) is 0 Å². The highest BCUT2D eigenvalue weighted by atomic mass is 19.1. The van der Waals surface area contributed by atoms with Gasteiger partial charge in [-0.05, 0) is 44.0 Å². The second-order valence-electron chi connectivity index (χ2n) is 4.68. The van der Waals surface area contributed by atoms with Crippen LogP contribution < -0.4 is 0 Å². The van der Waals surface area contributed by atoms with Crippen LogP contribution in [0.2, 0.25) is 0 Å². The third kappa shape index (κ3) is 2.81. The normalized spacial score (nSPS) is 14.4. The Morgan fingerprint density at radius 3 is 2.74 bits per heavy atom. The Morgan fingerprint density at radius 2 is 2.16 bits per heavy atom. The highest BCUT2D eigenvalue weighted by Gasteiger charge is 2.22. The van der Waals surface area contributed by atoms with E-state index >= 15 is 0 Å². The molecule has 0 saturated carbocycles. The van der Waals surface area contributed by atoms with Crippen molar-refractivity contribution < 1.29 is 14.0 Å². The second-order valence-corrected chi connectivity index (χ2v) is 4.68. The Morgan fingerprint density at radius 1 is 1.42 bits per heavy atom. The number of aromatic nitrogens is 2. The van der Waals surface area contributed by atoms with Crippen molar-refractivity contribution in [3.8, 4) is 11.4 Å². The number of halogens is 1. The monoisotopic (exact) mass is 264 g/mol. The number of aryl methyl sites for hydroxylation is 1. The van der Waals surface area contributed by atoms with Crippen molar-refractivity contribution in [1.29, 1.82) is 0 Å². The van der Waals surface area contributed by atoms with Crippen LogP contribution in [0.5, 0.6) is 0 Å². The molecule has 2 aromatic rings. The van der Waals surface area contributed by atoms with Gasteiger partial charge in [0.2, 0.25) is 11.7 Å². The minimum absolute atomic E-state index is 0.178. The number of nitrogens with zero attached hydrogens (tertiary/aromatic N) is 2. The van der Waals surface area contributed by atoms with Crippen LogP contribution in [0.3, 0.4) is 0 Å². The van der Waals surface area contributed by atoms with Crippen molar-refractivity contribution in [3.63, 3.8) is 0 Å². The Kier molecular flexibility index (Phi) is 3.95. The van der Waals surface area contributed by atoms with Crippen molar-refractivity contribution in [2.45, 2.75) is 39.2 Å². The van der Waals surface area contributed by atoms with Crippen molar-refractivity contribution in [2.75, 3.05) is 0 Å². The summed E-state index contributed by atoms with van der Waals surface area (Å²) in [4.78, 5) is 4.28. The Balaban J connectivity index is 2.32. The molecule has 2 unspecified atom stereocenters. The van der Waals surface area contributed by atoms with E-state index in [-0.39, 0.29) is 11.7 Å². The smallest absolute Gasteiger partial charge is 0.232 e. The molecule has 0 aliphatic carbocycles. The van der Waals surface area contributed by atoms with E-state index < -0.39 is 6.10 Å². The Hall–Kier alpha value is -1.75. The second kappa shape index (κ2) is 5.48. The number of hydrogen-bond acceptors (Lipinski definition) is 4. The third-order valence-electron chi connectivity index (χ3n) is 3.20. The van der Waals surface area contributed by atoms with Gasteiger partial charge in [-0.1, -0.05) is 12.1 Å². The molecule has 0 radical (unpaired) electrons. The summed E-state index contributed by atoms with van der Waals surface area (Å²) in [5.74, 6) is 0.386. The number of aliphatic hydroxyl groups excluding tert-OH is 1. The molecule has 1 aromatic heterocycles. The molecular weight excluding hydrogens is 247 g/mol. The summed E-state index contributed by atoms with van der Waals surface area (Å²) in [7, 11) is 0. The molecule has 0 saturated heterocycles. The summed E-state index contributed by atoms with van der Waals surface area (Å²) in [6.07, 6.45) is 0.162. The molecule has 4 nitrogen and oxygen atoms in total. The molecule has 0 spiro atoms. The molecule has 102 valence electrons. The van der Waals surface area contributed by atoms with Gasteiger partial charge in [-0.3, -0.25) is 0 Å². The van der Waals surface area contributed by atoms with Crippen LogP contribution in [0.4, 0.5) is 4.39 Å². The van der Waals surface area contributed by atoms with Crippen LogP contribution in [0.1, 0.15) is 37.6 Å². The fraction of sp³-hybridized carbons (Fsp3) is 0.429. The van der Waals surface area contributed by atoms with Gasteiger partial charge >= 0.3 is 0 Å². The first-order valence-electron chi connectivity index (χ1n) is 6.31. The fourth-order valence-corrected chi connectivity index (χ4v) is 2.01. The molecule has 19 heavy (non-hydrogen) atoms. The maximum atomic E-state index is 13.2. The van der Waals surface area contributed by atoms with Gasteiger partial charge in [0.1, 0.15) is 5.82 Å².